The number of hydrogen-bond acceptors (Lipinski definition) is 3. The summed E-state index contributed by atoms with van der Waals surface area (Å²) in [4.78, 5) is 28.6. The smallest absolute Gasteiger partial charge is 0.324 e. The maximum Gasteiger partial charge on any atom is 0.324 e. The second-order valence-corrected chi connectivity index (χ2v) is 5.24. The van der Waals surface area contributed by atoms with Crippen molar-refractivity contribution in [2.45, 2.75) is 19.9 Å². The molecule has 1 unspecified atom stereocenters. The van der Waals surface area contributed by atoms with Gasteiger partial charge in [-0.15, -0.1) is 24.0 Å². The molecule has 3 amide bonds. The molecule has 1 aliphatic heterocycles. The van der Waals surface area contributed by atoms with E-state index in [1.54, 1.807) is 0 Å². The molecule has 0 saturated carbocycles. The number of carbonyl (C=O) groups is 2. The minimum absolute atomic E-state index is 0. The van der Waals surface area contributed by atoms with Crippen molar-refractivity contribution in [2.24, 2.45) is 4.99 Å². The normalized spacial score (nSPS) is 15.6. The van der Waals surface area contributed by atoms with Crippen molar-refractivity contribution in [3.8, 4) is 0 Å². The van der Waals surface area contributed by atoms with Gasteiger partial charge in [-0.2, -0.15) is 0 Å². The topological polar surface area (TPSA) is 85.8 Å². The van der Waals surface area contributed by atoms with Crippen molar-refractivity contribution < 1.29 is 9.59 Å². The van der Waals surface area contributed by atoms with E-state index in [9.17, 15) is 9.59 Å². The predicted octanol–water partition coefficient (Wildman–Crippen LogP) is 1.47. The fraction of sp³-hybridized carbons (Fsp3) is 0.438. The molecule has 1 saturated heterocycles. The average molecular weight is 445 g/mol. The number of nitrogens with zero attached hydrogens (tertiary/aromatic N) is 2. The van der Waals surface area contributed by atoms with Gasteiger partial charge in [0.15, 0.2) is 5.96 Å². The summed E-state index contributed by atoms with van der Waals surface area (Å²) in [6.07, 6.45) is 0. The average Bonchev–Trinajstić information content (AvgIpc) is 2.87. The number of rotatable bonds is 6. The first kappa shape index (κ1) is 20.2. The maximum atomic E-state index is 11.5. The van der Waals surface area contributed by atoms with Crippen LogP contribution in [0.5, 0.6) is 0 Å². The van der Waals surface area contributed by atoms with Crippen molar-refractivity contribution in [3.63, 3.8) is 0 Å². The summed E-state index contributed by atoms with van der Waals surface area (Å²) in [5, 5.41) is 8.98. The molecule has 1 aromatic rings. The van der Waals surface area contributed by atoms with Crippen LogP contribution in [-0.4, -0.2) is 49.0 Å². The molecule has 24 heavy (non-hydrogen) atoms. The van der Waals surface area contributed by atoms with Crippen LogP contribution in [0.15, 0.2) is 35.3 Å². The summed E-state index contributed by atoms with van der Waals surface area (Å²) in [6, 6.07) is 9.83. The third-order valence-electron chi connectivity index (χ3n) is 3.53. The second-order valence-electron chi connectivity index (χ2n) is 5.24. The summed E-state index contributed by atoms with van der Waals surface area (Å²) < 4.78 is 0. The Balaban J connectivity index is 0.00000288. The van der Waals surface area contributed by atoms with Gasteiger partial charge in [0.1, 0.15) is 0 Å². The van der Waals surface area contributed by atoms with Crippen molar-refractivity contribution in [2.75, 3.05) is 26.2 Å². The Bertz CT molecular complexity index is 563. The Morgan fingerprint density at radius 2 is 2.04 bits per heavy atom. The van der Waals surface area contributed by atoms with Crippen LogP contribution in [0.3, 0.4) is 0 Å². The summed E-state index contributed by atoms with van der Waals surface area (Å²) >= 11 is 0. The highest BCUT2D eigenvalue weighted by Crippen LogP contribution is 2.10. The van der Waals surface area contributed by atoms with Crippen LogP contribution in [-0.2, 0) is 4.79 Å². The van der Waals surface area contributed by atoms with Crippen LogP contribution in [0.4, 0.5) is 4.79 Å². The van der Waals surface area contributed by atoms with Gasteiger partial charge in [-0.3, -0.25) is 14.7 Å². The Kier molecular flexibility index (Phi) is 8.51. The number of guanidine groups is 1. The van der Waals surface area contributed by atoms with E-state index in [-0.39, 0.29) is 55.0 Å². The molecule has 132 valence electrons. The van der Waals surface area contributed by atoms with Gasteiger partial charge in [0, 0.05) is 6.54 Å². The Hall–Kier alpha value is -1.84. The fourth-order valence-electron chi connectivity index (χ4n) is 2.29. The molecule has 0 aromatic heterocycles. The van der Waals surface area contributed by atoms with E-state index in [1.807, 2.05) is 25.1 Å². The van der Waals surface area contributed by atoms with Gasteiger partial charge < -0.3 is 16.0 Å². The molecule has 0 spiro atoms. The molecule has 1 atom stereocenters. The zero-order valence-corrected chi connectivity index (χ0v) is 16.2. The molecule has 3 N–H and O–H groups in total. The number of urea groups is 1. The lowest BCUT2D eigenvalue weighted by Crippen LogP contribution is -2.40. The lowest BCUT2D eigenvalue weighted by molar-refractivity contribution is -0.124. The van der Waals surface area contributed by atoms with Gasteiger partial charge >= 0.3 is 6.03 Å². The molecule has 0 aliphatic carbocycles. The second kappa shape index (κ2) is 10.1. The highest BCUT2D eigenvalue weighted by Gasteiger charge is 2.27. The Morgan fingerprint density at radius 1 is 1.33 bits per heavy atom. The number of nitrogens with one attached hydrogen (secondary N) is 3. The third kappa shape index (κ3) is 5.66. The number of imide groups is 1. The minimum atomic E-state index is -0.346. The highest BCUT2D eigenvalue weighted by molar-refractivity contribution is 14.0. The molecule has 1 heterocycles. The summed E-state index contributed by atoms with van der Waals surface area (Å²) in [5.74, 6) is 0.455. The third-order valence-corrected chi connectivity index (χ3v) is 3.53. The van der Waals surface area contributed by atoms with Gasteiger partial charge in [-0.25, -0.2) is 4.79 Å². The molecule has 0 bridgehead atoms. The van der Waals surface area contributed by atoms with E-state index in [0.717, 1.165) is 12.1 Å². The Morgan fingerprint density at radius 3 is 2.62 bits per heavy atom. The van der Waals surface area contributed by atoms with E-state index in [2.05, 4.69) is 40.0 Å². The first-order valence-electron chi connectivity index (χ1n) is 7.79. The van der Waals surface area contributed by atoms with E-state index in [0.29, 0.717) is 12.5 Å². The molecule has 2 rings (SSSR count). The fourth-order valence-corrected chi connectivity index (χ4v) is 2.29. The molecule has 1 aliphatic rings. The first-order valence-corrected chi connectivity index (χ1v) is 7.79. The first-order chi connectivity index (χ1) is 11.1. The maximum absolute atomic E-state index is 11.5. The van der Waals surface area contributed by atoms with Crippen LogP contribution >= 0.6 is 24.0 Å². The summed E-state index contributed by atoms with van der Waals surface area (Å²) in [6.45, 7) is 5.49. The van der Waals surface area contributed by atoms with Crippen molar-refractivity contribution in [1.29, 1.82) is 0 Å². The predicted molar refractivity (Wildman–Crippen MR) is 104 cm³/mol. The standard InChI is InChI=1S/C16H23N5O2.HI/c1-3-17-15(20-12(2)13-7-5-4-6-8-13)18-9-10-21-14(22)11-19-16(21)23;/h4-8,12H,3,9-11H2,1-2H3,(H,19,23)(H2,17,18,20);1H. The number of halogens is 1. The largest absolute Gasteiger partial charge is 0.357 e. The van der Waals surface area contributed by atoms with Gasteiger partial charge in [0.2, 0.25) is 5.91 Å². The lowest BCUT2D eigenvalue weighted by Gasteiger charge is -2.18. The van der Waals surface area contributed by atoms with Crippen molar-refractivity contribution in [3.05, 3.63) is 35.9 Å². The molecular formula is C16H24IN5O2. The Labute approximate surface area is 159 Å². The van der Waals surface area contributed by atoms with Crippen molar-refractivity contribution >= 4 is 41.9 Å². The minimum Gasteiger partial charge on any atom is -0.357 e. The summed E-state index contributed by atoms with van der Waals surface area (Å²) in [7, 11) is 0. The molecule has 1 fully saturated rings. The molecule has 7 nitrogen and oxygen atoms in total. The number of carbonyl (C=O) groups excluding carboxylic acids is 2. The monoisotopic (exact) mass is 445 g/mol. The van der Waals surface area contributed by atoms with E-state index >= 15 is 0 Å². The van der Waals surface area contributed by atoms with Crippen molar-refractivity contribution in [1.82, 2.24) is 20.9 Å². The zero-order chi connectivity index (χ0) is 16.7. The van der Waals surface area contributed by atoms with E-state index in [4.69, 9.17) is 0 Å². The van der Waals surface area contributed by atoms with E-state index in [1.165, 1.54) is 4.90 Å². The molecular weight excluding hydrogens is 421 g/mol. The molecule has 1 aromatic carbocycles. The van der Waals surface area contributed by atoms with Crippen LogP contribution in [0.25, 0.3) is 0 Å². The summed E-state index contributed by atoms with van der Waals surface area (Å²) in [5.41, 5.74) is 1.16. The molecule has 8 heteroatoms. The number of hydrogen-bond donors (Lipinski definition) is 3. The van der Waals surface area contributed by atoms with Crippen LogP contribution < -0.4 is 16.0 Å². The van der Waals surface area contributed by atoms with Crippen LogP contribution in [0.2, 0.25) is 0 Å². The lowest BCUT2D eigenvalue weighted by atomic mass is 10.1. The van der Waals surface area contributed by atoms with Gasteiger partial charge in [-0.05, 0) is 19.4 Å². The number of benzene rings is 1. The molecule has 0 radical (unpaired) electrons. The number of amides is 3. The van der Waals surface area contributed by atoms with Gasteiger partial charge in [0.25, 0.3) is 0 Å². The van der Waals surface area contributed by atoms with Gasteiger partial charge in [-0.1, -0.05) is 30.3 Å². The zero-order valence-electron chi connectivity index (χ0n) is 13.9. The van der Waals surface area contributed by atoms with Crippen LogP contribution in [0, 0.1) is 0 Å². The number of aliphatic imine (C=N–C) groups is 1. The van der Waals surface area contributed by atoms with Gasteiger partial charge in [0.05, 0.1) is 25.7 Å². The SMILES string of the molecule is CCNC(=NCCN1C(=O)CNC1=O)NC(C)c1ccccc1.I. The quantitative estimate of drug-likeness (QED) is 0.268. The van der Waals surface area contributed by atoms with E-state index < -0.39 is 0 Å². The van der Waals surface area contributed by atoms with Crippen LogP contribution in [0.1, 0.15) is 25.5 Å². The highest BCUT2D eigenvalue weighted by atomic mass is 127.